The molecule has 6 N–H and O–H groups in total. The molecule has 3 rings (SSSR count). The van der Waals surface area contributed by atoms with Gasteiger partial charge < -0.3 is 30.4 Å². The average molecular weight is 479 g/mol. The monoisotopic (exact) mass is 478 g/mol. The number of amides is 1. The Kier molecular flexibility index (Phi) is 7.23. The molecule has 1 aromatic heterocycles. The third kappa shape index (κ3) is 5.62. The Morgan fingerprint density at radius 1 is 1.33 bits per heavy atom. The van der Waals surface area contributed by atoms with E-state index in [1.807, 2.05) is 0 Å². The first-order valence-electron chi connectivity index (χ1n) is 10.1. The van der Waals surface area contributed by atoms with E-state index in [-0.39, 0.29) is 16.5 Å². The number of likely N-dealkylation sites (tertiary alicyclic amines) is 1. The molecule has 0 aliphatic carbocycles. The molecule has 12 nitrogen and oxygen atoms in total. The van der Waals surface area contributed by atoms with Crippen molar-refractivity contribution < 1.29 is 23.1 Å². The number of anilines is 1. The smallest absolute Gasteiger partial charge is 0.275 e. The Hall–Kier alpha value is -3.58. The minimum atomic E-state index is -4.07. The van der Waals surface area contributed by atoms with Gasteiger partial charge >= 0.3 is 0 Å². The number of aromatic nitrogens is 1. The van der Waals surface area contributed by atoms with Crippen molar-refractivity contribution in [3.05, 3.63) is 52.9 Å². The Balaban J connectivity index is 1.73. The Morgan fingerprint density at radius 3 is 2.79 bits per heavy atom. The summed E-state index contributed by atoms with van der Waals surface area (Å²) in [4.78, 5) is 26.5. The second kappa shape index (κ2) is 9.92. The average Bonchev–Trinajstić information content (AvgIpc) is 2.77. The minimum absolute atomic E-state index is 0.0873. The van der Waals surface area contributed by atoms with Gasteiger partial charge in [0.25, 0.3) is 15.6 Å². The minimum Gasteiger partial charge on any atom is -0.497 e. The molecule has 1 saturated heterocycles. The molecule has 0 saturated carbocycles. The van der Waals surface area contributed by atoms with Crippen molar-refractivity contribution in [2.75, 3.05) is 18.4 Å². The molecule has 33 heavy (non-hydrogen) atoms. The van der Waals surface area contributed by atoms with Crippen molar-refractivity contribution in [2.45, 2.75) is 36.6 Å². The van der Waals surface area contributed by atoms with Gasteiger partial charge in [0.1, 0.15) is 24.2 Å². The fraction of sp³-hybridized carbons (Fsp3) is 0.350. The van der Waals surface area contributed by atoms with Crippen LogP contribution in [0.25, 0.3) is 0 Å². The highest BCUT2D eigenvalue weighted by atomic mass is 32.2. The zero-order chi connectivity index (χ0) is 24.2. The molecule has 1 aromatic carbocycles. The van der Waals surface area contributed by atoms with E-state index in [0.717, 1.165) is 4.57 Å². The molecule has 0 unspecified atom stereocenters. The summed E-state index contributed by atoms with van der Waals surface area (Å²) in [5.74, 6) is -0.513. The molecule has 1 amide bonds. The lowest BCUT2D eigenvalue weighted by Crippen LogP contribution is -2.58. The number of nitrogens with zero attached hydrogens (tertiary/aromatic N) is 2. The topological polar surface area (TPSA) is 180 Å². The number of nitrogens with one attached hydrogen (secondary N) is 3. The van der Waals surface area contributed by atoms with Crippen LogP contribution in [0.2, 0.25) is 0 Å². The molecule has 1 aliphatic rings. The van der Waals surface area contributed by atoms with Crippen LogP contribution in [0.3, 0.4) is 0 Å². The predicted octanol–water partition coefficient (Wildman–Crippen LogP) is -0.550. The van der Waals surface area contributed by atoms with Gasteiger partial charge in [0.05, 0.1) is 18.0 Å². The van der Waals surface area contributed by atoms with Gasteiger partial charge in [0.15, 0.2) is 5.96 Å². The van der Waals surface area contributed by atoms with Crippen LogP contribution >= 0.6 is 0 Å². The van der Waals surface area contributed by atoms with E-state index in [4.69, 9.17) is 15.9 Å². The number of rotatable bonds is 7. The molecule has 1 fully saturated rings. The first kappa shape index (κ1) is 24.1. The van der Waals surface area contributed by atoms with Gasteiger partial charge in [-0.2, -0.15) is 0 Å². The molecule has 2 aromatic rings. The zero-order valence-electron chi connectivity index (χ0n) is 17.9. The second-order valence-electron chi connectivity index (χ2n) is 7.45. The number of aliphatic hydroxyl groups excluding tert-OH is 1. The molecule has 1 aliphatic heterocycles. The number of hydrogen-bond donors (Lipinski definition) is 5. The Morgan fingerprint density at radius 2 is 2.09 bits per heavy atom. The van der Waals surface area contributed by atoms with E-state index in [2.05, 4.69) is 10.0 Å². The van der Waals surface area contributed by atoms with Crippen LogP contribution in [0.1, 0.15) is 12.8 Å². The normalized spacial score (nSPS) is 18.4. The molecule has 13 heteroatoms. The van der Waals surface area contributed by atoms with Gasteiger partial charge in [-0.05, 0) is 37.1 Å². The number of methoxy groups -OCH3 is 1. The van der Waals surface area contributed by atoms with Crippen LogP contribution in [-0.2, 0) is 21.4 Å². The first-order chi connectivity index (χ1) is 15.6. The SMILES string of the molecule is COc1cccc(S(=O)(=O)Nc2cccn(CC(=O)N[C@H]3CCCN(C(=N)N)[C@H]3O)c2=O)c1. The third-order valence-electron chi connectivity index (χ3n) is 5.18. The molecule has 0 radical (unpaired) electrons. The summed E-state index contributed by atoms with van der Waals surface area (Å²) >= 11 is 0. The summed E-state index contributed by atoms with van der Waals surface area (Å²) in [6, 6.07) is 7.84. The van der Waals surface area contributed by atoms with Gasteiger partial charge in [-0.25, -0.2) is 8.42 Å². The zero-order valence-corrected chi connectivity index (χ0v) is 18.7. The Bertz CT molecular complexity index is 1200. The lowest BCUT2D eigenvalue weighted by atomic mass is 10.0. The van der Waals surface area contributed by atoms with Crippen molar-refractivity contribution >= 4 is 27.6 Å². The summed E-state index contributed by atoms with van der Waals surface area (Å²) in [5, 5.41) is 20.5. The molecule has 178 valence electrons. The maximum atomic E-state index is 12.8. The molecule has 2 atom stereocenters. The van der Waals surface area contributed by atoms with Gasteiger partial charge in [0, 0.05) is 18.8 Å². The number of carbonyl (C=O) groups excluding carboxylic acids is 1. The van der Waals surface area contributed by atoms with Gasteiger partial charge in [-0.15, -0.1) is 0 Å². The number of piperidine rings is 1. The van der Waals surface area contributed by atoms with Crippen molar-refractivity contribution in [1.82, 2.24) is 14.8 Å². The van der Waals surface area contributed by atoms with Crippen molar-refractivity contribution in [3.63, 3.8) is 0 Å². The van der Waals surface area contributed by atoms with E-state index in [1.165, 1.54) is 48.5 Å². The number of sulfonamides is 1. The van der Waals surface area contributed by atoms with E-state index < -0.39 is 40.3 Å². The second-order valence-corrected chi connectivity index (χ2v) is 9.13. The van der Waals surface area contributed by atoms with Crippen molar-refractivity contribution in [2.24, 2.45) is 5.73 Å². The Labute approximate surface area is 190 Å². The number of nitrogens with two attached hydrogens (primary N) is 1. The van der Waals surface area contributed by atoms with E-state index in [9.17, 15) is 23.1 Å². The first-order valence-corrected chi connectivity index (χ1v) is 11.5. The van der Waals surface area contributed by atoms with E-state index in [0.29, 0.717) is 25.1 Å². The quantitative estimate of drug-likeness (QED) is 0.260. The number of aliphatic hydroxyl groups is 1. The molecular weight excluding hydrogens is 452 g/mol. The highest BCUT2D eigenvalue weighted by Gasteiger charge is 2.31. The third-order valence-corrected chi connectivity index (χ3v) is 6.54. The summed E-state index contributed by atoms with van der Waals surface area (Å²) in [6.07, 6.45) is 1.29. The largest absolute Gasteiger partial charge is 0.497 e. The molecule has 2 heterocycles. The standard InChI is InChI=1S/C20H26N6O6S/c1-32-13-5-2-6-14(11-13)33(30,31)24-16-8-3-9-25(18(16)28)12-17(27)23-15-7-4-10-26(19(15)29)20(21)22/h2-3,5-6,8-9,11,15,19,24,29H,4,7,10,12H2,1H3,(H3,21,22)(H,23,27)/t15-,19-/m0/s1. The summed E-state index contributed by atoms with van der Waals surface area (Å²) < 4.78 is 33.7. The van der Waals surface area contributed by atoms with Crippen molar-refractivity contribution in [1.29, 1.82) is 5.41 Å². The van der Waals surface area contributed by atoms with Gasteiger partial charge in [-0.1, -0.05) is 6.07 Å². The summed E-state index contributed by atoms with van der Waals surface area (Å²) in [7, 11) is -2.67. The van der Waals surface area contributed by atoms with E-state index in [1.54, 1.807) is 6.07 Å². The number of ether oxygens (including phenoxy) is 1. The van der Waals surface area contributed by atoms with Crippen LogP contribution in [0.4, 0.5) is 5.69 Å². The maximum Gasteiger partial charge on any atom is 0.275 e. The number of carbonyl (C=O) groups is 1. The van der Waals surface area contributed by atoms with Crippen LogP contribution in [0.5, 0.6) is 5.75 Å². The molecule has 0 spiro atoms. The van der Waals surface area contributed by atoms with Crippen LogP contribution in [0, 0.1) is 5.41 Å². The van der Waals surface area contributed by atoms with Crippen molar-refractivity contribution in [3.8, 4) is 5.75 Å². The van der Waals surface area contributed by atoms with Gasteiger partial charge in [-0.3, -0.25) is 19.7 Å². The summed E-state index contributed by atoms with van der Waals surface area (Å²) in [6.45, 7) is 0.00859. The number of guanidine groups is 1. The maximum absolute atomic E-state index is 12.8. The number of pyridine rings is 1. The lowest BCUT2D eigenvalue weighted by molar-refractivity contribution is -0.125. The fourth-order valence-corrected chi connectivity index (χ4v) is 4.60. The van der Waals surface area contributed by atoms with E-state index >= 15 is 0 Å². The number of benzene rings is 1. The fourth-order valence-electron chi connectivity index (χ4n) is 3.51. The molecule has 0 bridgehead atoms. The number of hydrogen-bond acceptors (Lipinski definition) is 7. The van der Waals surface area contributed by atoms with Crippen LogP contribution in [-0.4, -0.2) is 60.8 Å². The highest BCUT2D eigenvalue weighted by Crippen LogP contribution is 2.19. The highest BCUT2D eigenvalue weighted by molar-refractivity contribution is 7.92. The van der Waals surface area contributed by atoms with Crippen LogP contribution in [0.15, 0.2) is 52.3 Å². The van der Waals surface area contributed by atoms with Gasteiger partial charge in [0.2, 0.25) is 5.91 Å². The lowest BCUT2D eigenvalue weighted by Gasteiger charge is -2.38. The molecular formula is C20H26N6O6S. The van der Waals surface area contributed by atoms with Crippen LogP contribution < -0.4 is 26.1 Å². The predicted molar refractivity (Wildman–Crippen MR) is 120 cm³/mol. The summed E-state index contributed by atoms with van der Waals surface area (Å²) in [5.41, 5.74) is 4.51.